The van der Waals surface area contributed by atoms with Crippen LogP contribution in [0.4, 0.5) is 0 Å². The molecule has 220 valence electrons. The van der Waals surface area contributed by atoms with Crippen molar-refractivity contribution in [2.45, 2.75) is 110 Å². The van der Waals surface area contributed by atoms with Gasteiger partial charge in [0.15, 0.2) is 0 Å². The number of ether oxygens (including phenoxy) is 1. The van der Waals surface area contributed by atoms with Gasteiger partial charge in [0.05, 0.1) is 13.2 Å². The summed E-state index contributed by atoms with van der Waals surface area (Å²) in [6, 6.07) is 8.37. The fourth-order valence-electron chi connectivity index (χ4n) is 10.8. The smallest absolute Gasteiger partial charge is 0.222 e. The molecule has 4 aliphatic carbocycles. The van der Waals surface area contributed by atoms with Crippen LogP contribution in [0.1, 0.15) is 109 Å². The lowest BCUT2D eigenvalue weighted by Crippen LogP contribution is -2.50. The highest BCUT2D eigenvalue weighted by Crippen LogP contribution is 2.67. The van der Waals surface area contributed by atoms with Gasteiger partial charge in [-0.3, -0.25) is 4.79 Å². The molecule has 1 N–H and O–H groups in total. The molecule has 4 heteroatoms. The van der Waals surface area contributed by atoms with E-state index >= 15 is 0 Å². The van der Waals surface area contributed by atoms with Crippen molar-refractivity contribution in [3.8, 4) is 5.75 Å². The minimum absolute atomic E-state index is 0.122. The topological polar surface area (TPSA) is 49.8 Å². The van der Waals surface area contributed by atoms with Crippen molar-refractivity contribution in [3.63, 3.8) is 0 Å². The van der Waals surface area contributed by atoms with Crippen molar-refractivity contribution in [2.75, 3.05) is 20.2 Å². The van der Waals surface area contributed by atoms with Crippen molar-refractivity contribution in [1.29, 1.82) is 0 Å². The first kappa shape index (κ1) is 28.3. The predicted octanol–water partition coefficient (Wildman–Crippen LogP) is 7.76. The van der Waals surface area contributed by atoms with Gasteiger partial charge < -0.3 is 14.7 Å². The first-order valence-corrected chi connectivity index (χ1v) is 16.5. The number of para-hydroxylation sites is 1. The highest BCUT2D eigenvalue weighted by molar-refractivity contribution is 5.76. The first-order valence-electron chi connectivity index (χ1n) is 16.5. The zero-order valence-electron chi connectivity index (χ0n) is 25.5. The highest BCUT2D eigenvalue weighted by Gasteiger charge is 2.59. The molecule has 0 radical (unpaired) electrons. The molecule has 40 heavy (non-hydrogen) atoms. The second-order valence-corrected chi connectivity index (χ2v) is 14.8. The van der Waals surface area contributed by atoms with E-state index < -0.39 is 0 Å². The van der Waals surface area contributed by atoms with Gasteiger partial charge >= 0.3 is 0 Å². The van der Waals surface area contributed by atoms with Gasteiger partial charge in [-0.05, 0) is 129 Å². The molecular weight excluding hydrogens is 494 g/mol. The summed E-state index contributed by atoms with van der Waals surface area (Å²) in [5.41, 5.74) is 3.61. The third-order valence-corrected chi connectivity index (χ3v) is 13.1. The molecule has 0 bridgehead atoms. The van der Waals surface area contributed by atoms with E-state index in [0.29, 0.717) is 35.0 Å². The summed E-state index contributed by atoms with van der Waals surface area (Å²) in [6.45, 7) is 9.35. The Morgan fingerprint density at radius 2 is 1.82 bits per heavy atom. The van der Waals surface area contributed by atoms with Gasteiger partial charge in [0.2, 0.25) is 5.91 Å². The summed E-state index contributed by atoms with van der Waals surface area (Å²) in [7, 11) is 1.75. The Hall–Kier alpha value is -1.81. The number of likely N-dealkylation sites (tertiary alicyclic amines) is 1. The van der Waals surface area contributed by atoms with Crippen molar-refractivity contribution in [2.24, 2.45) is 40.4 Å². The third kappa shape index (κ3) is 4.84. The molecule has 0 spiro atoms. The molecule has 0 aromatic heterocycles. The van der Waals surface area contributed by atoms with E-state index in [1.165, 1.54) is 44.1 Å². The van der Waals surface area contributed by atoms with E-state index in [4.69, 9.17) is 4.74 Å². The van der Waals surface area contributed by atoms with E-state index in [1.54, 1.807) is 12.7 Å². The normalized spacial score (nSPS) is 38.6. The lowest BCUT2D eigenvalue weighted by atomic mass is 9.47. The second kappa shape index (κ2) is 11.1. The van der Waals surface area contributed by atoms with Crippen LogP contribution in [0.15, 0.2) is 35.9 Å². The van der Waals surface area contributed by atoms with Crippen LogP contribution in [0, 0.1) is 40.4 Å². The summed E-state index contributed by atoms with van der Waals surface area (Å²) >= 11 is 0. The molecule has 5 aliphatic rings. The number of carbonyl (C=O) groups is 1. The third-order valence-electron chi connectivity index (χ3n) is 13.1. The van der Waals surface area contributed by atoms with Crippen LogP contribution >= 0.6 is 0 Å². The molecule has 8 atom stereocenters. The number of allylic oxidation sites excluding steroid dienone is 1. The molecule has 1 aromatic carbocycles. The second-order valence-electron chi connectivity index (χ2n) is 14.8. The maximum Gasteiger partial charge on any atom is 0.222 e. The molecule has 3 saturated carbocycles. The van der Waals surface area contributed by atoms with Gasteiger partial charge in [-0.25, -0.2) is 0 Å². The number of benzene rings is 1. The number of aliphatic hydroxyl groups is 1. The molecule has 4 nitrogen and oxygen atoms in total. The number of piperidine rings is 1. The summed E-state index contributed by atoms with van der Waals surface area (Å²) in [5, 5.41) is 10.3. The predicted molar refractivity (Wildman–Crippen MR) is 161 cm³/mol. The molecule has 1 heterocycles. The number of hydrogen-bond donors (Lipinski definition) is 1. The Kier molecular flexibility index (Phi) is 7.87. The number of amides is 1. The Bertz CT molecular complexity index is 1110. The van der Waals surface area contributed by atoms with E-state index in [2.05, 4.69) is 49.9 Å². The van der Waals surface area contributed by atoms with Gasteiger partial charge in [-0.1, -0.05) is 50.6 Å². The Morgan fingerprint density at radius 1 is 1.05 bits per heavy atom. The minimum atomic E-state index is -0.122. The van der Waals surface area contributed by atoms with Crippen molar-refractivity contribution in [1.82, 2.24) is 4.90 Å². The number of nitrogens with zero attached hydrogens (tertiary/aromatic N) is 1. The zero-order chi connectivity index (χ0) is 28.1. The van der Waals surface area contributed by atoms with Crippen LogP contribution in [-0.4, -0.2) is 42.2 Å². The maximum absolute atomic E-state index is 13.3. The quantitative estimate of drug-likeness (QED) is 0.370. The van der Waals surface area contributed by atoms with Crippen LogP contribution in [0.2, 0.25) is 0 Å². The molecule has 1 aliphatic heterocycles. The van der Waals surface area contributed by atoms with Crippen LogP contribution < -0.4 is 4.74 Å². The van der Waals surface area contributed by atoms with Crippen LogP contribution in [-0.2, 0) is 4.79 Å². The lowest BCUT2D eigenvalue weighted by molar-refractivity contribution is -0.132. The van der Waals surface area contributed by atoms with Gasteiger partial charge in [0.1, 0.15) is 5.75 Å². The fourth-order valence-corrected chi connectivity index (χ4v) is 10.8. The Morgan fingerprint density at radius 3 is 2.60 bits per heavy atom. The highest BCUT2D eigenvalue weighted by atomic mass is 16.5. The van der Waals surface area contributed by atoms with Crippen LogP contribution in [0.5, 0.6) is 5.75 Å². The van der Waals surface area contributed by atoms with Gasteiger partial charge in [-0.2, -0.15) is 0 Å². The van der Waals surface area contributed by atoms with Gasteiger partial charge in [-0.15, -0.1) is 0 Å². The summed E-state index contributed by atoms with van der Waals surface area (Å²) in [6.07, 6.45) is 15.9. The molecule has 4 fully saturated rings. The fraction of sp³-hybridized carbons (Fsp3) is 0.750. The average molecular weight is 548 g/mol. The monoisotopic (exact) mass is 547 g/mol. The first-order chi connectivity index (χ1) is 19.2. The zero-order valence-corrected chi connectivity index (χ0v) is 25.5. The summed E-state index contributed by atoms with van der Waals surface area (Å²) in [5.74, 6) is 5.62. The van der Waals surface area contributed by atoms with Gasteiger partial charge in [0.25, 0.3) is 0 Å². The van der Waals surface area contributed by atoms with Crippen molar-refractivity contribution in [3.05, 3.63) is 41.5 Å². The maximum atomic E-state index is 13.3. The van der Waals surface area contributed by atoms with Gasteiger partial charge in [0, 0.05) is 19.5 Å². The standard InChI is InChI=1S/C36H53NO3/c1-24(9-14-34(39)37-21-17-25(18-22-37)28-7-5-6-8-33(28)40-4)30-12-13-31-29-11-10-26-23-27(38)15-19-35(26,2)32(29)16-20-36(30,31)3/h5-8,10,24-25,27,29-32,38H,9,11-23H2,1-4H3/t24-,27+,29+,30-,31+,32+,35+,36-/m1/s1. The summed E-state index contributed by atoms with van der Waals surface area (Å²) < 4.78 is 5.60. The molecule has 1 aromatic rings. The van der Waals surface area contributed by atoms with Crippen LogP contribution in [0.25, 0.3) is 0 Å². The number of methoxy groups -OCH3 is 1. The molecule has 0 unspecified atom stereocenters. The van der Waals surface area contributed by atoms with E-state index in [0.717, 1.165) is 74.6 Å². The van der Waals surface area contributed by atoms with Crippen molar-refractivity contribution < 1.29 is 14.6 Å². The lowest BCUT2D eigenvalue weighted by Gasteiger charge is -2.58. The molecule has 6 rings (SSSR count). The van der Waals surface area contributed by atoms with E-state index in [9.17, 15) is 9.90 Å². The number of aliphatic hydroxyl groups excluding tert-OH is 1. The van der Waals surface area contributed by atoms with E-state index in [1.807, 2.05) is 6.07 Å². The van der Waals surface area contributed by atoms with Crippen LogP contribution in [0.3, 0.4) is 0 Å². The number of rotatable bonds is 6. The molecule has 1 amide bonds. The number of carbonyl (C=O) groups excluding carboxylic acids is 1. The number of hydrogen-bond acceptors (Lipinski definition) is 3. The number of fused-ring (bicyclic) bond motifs is 5. The average Bonchev–Trinajstić information content (AvgIpc) is 3.33. The largest absolute Gasteiger partial charge is 0.496 e. The Labute approximate surface area is 242 Å². The minimum Gasteiger partial charge on any atom is -0.496 e. The Balaban J connectivity index is 1.04. The van der Waals surface area contributed by atoms with Crippen molar-refractivity contribution >= 4 is 5.91 Å². The summed E-state index contributed by atoms with van der Waals surface area (Å²) in [4.78, 5) is 15.4. The SMILES string of the molecule is COc1ccccc1C1CCN(C(=O)CC[C@@H](C)[C@H]2CC[C@H]3[C@@H]4CC=C5C[C@@H](O)CC[C@]5(C)[C@H]4CC[C@]23C)CC1. The molecular formula is C36H53NO3. The molecule has 1 saturated heterocycles. The van der Waals surface area contributed by atoms with E-state index in [-0.39, 0.29) is 6.10 Å².